The molecule has 17 heavy (non-hydrogen) atoms. The quantitative estimate of drug-likeness (QED) is 0.416. The number of hydrogen-bond acceptors (Lipinski definition) is 0. The molecule has 0 aliphatic rings. The molecule has 0 aliphatic carbocycles. The first-order valence-corrected chi connectivity index (χ1v) is 4.30. The van der Waals surface area contributed by atoms with Gasteiger partial charge in [0.2, 0.25) is 0 Å². The van der Waals surface area contributed by atoms with Crippen LogP contribution in [0.4, 0.5) is 36.6 Å². The van der Waals surface area contributed by atoms with Gasteiger partial charge in [-0.3, -0.25) is 0 Å². The van der Waals surface area contributed by atoms with E-state index >= 15 is 0 Å². The van der Waals surface area contributed by atoms with E-state index < -0.39 is 0 Å². The summed E-state index contributed by atoms with van der Waals surface area (Å²) in [5, 5.41) is 0. The Morgan fingerprint density at radius 1 is 0.529 bits per heavy atom. The smallest absolute Gasteiger partial charge is 0 e. The highest BCUT2D eigenvalue weighted by atomic mass is 20.0. The van der Waals surface area contributed by atoms with Crippen LogP contribution in [0.15, 0.2) is 0 Å². The Morgan fingerprint density at radius 3 is 0.529 bits per heavy atom. The Bertz CT molecular complexity index is 53.8. The fourth-order valence-corrected chi connectivity index (χ4v) is 0. The minimum Gasteiger partial charge on any atom is -0.0630 e. The number of rotatable bonds is 0. The SMILES string of the molecule is CC(C)(C)C.CC(C)C.FF.FF.FF.FF. The summed E-state index contributed by atoms with van der Waals surface area (Å²) in [5.41, 5.74) is 0.500. The van der Waals surface area contributed by atoms with Gasteiger partial charge in [-0.15, -0.1) is 0 Å². The Hall–Kier alpha value is -0.560. The van der Waals surface area contributed by atoms with Crippen molar-refractivity contribution >= 4 is 0 Å². The van der Waals surface area contributed by atoms with Crippen LogP contribution in [0, 0.1) is 11.3 Å². The lowest BCUT2D eigenvalue weighted by molar-refractivity contribution is 0.108. The van der Waals surface area contributed by atoms with E-state index in [2.05, 4.69) is 48.5 Å². The van der Waals surface area contributed by atoms with Crippen molar-refractivity contribution in [3.05, 3.63) is 0 Å². The van der Waals surface area contributed by atoms with Crippen molar-refractivity contribution in [1.29, 1.82) is 0 Å². The molecule has 0 N–H and O–H groups in total. The van der Waals surface area contributed by atoms with Gasteiger partial charge >= 0.3 is 0 Å². The third-order valence-electron chi connectivity index (χ3n) is 0. The second-order valence-electron chi connectivity index (χ2n) is 4.73. The number of halogens is 8. The maximum atomic E-state index is 8.00. The molecule has 0 aromatic heterocycles. The van der Waals surface area contributed by atoms with Crippen molar-refractivity contribution in [2.24, 2.45) is 11.3 Å². The maximum absolute atomic E-state index is 8.00. The minimum atomic E-state index is 0.500. The average Bonchev–Trinajstić information content (AvgIpc) is 2.25. The average molecular weight is 282 g/mol. The molecule has 0 bridgehead atoms. The molecule has 0 unspecified atom stereocenters. The first kappa shape index (κ1) is 36.0. The molecule has 0 spiro atoms. The van der Waals surface area contributed by atoms with Crippen molar-refractivity contribution in [2.45, 2.75) is 48.5 Å². The van der Waals surface area contributed by atoms with Crippen LogP contribution >= 0.6 is 0 Å². The lowest BCUT2D eigenvalue weighted by Gasteiger charge is -2.05. The third kappa shape index (κ3) is 8890. The van der Waals surface area contributed by atoms with E-state index in [9.17, 15) is 0 Å². The summed E-state index contributed by atoms with van der Waals surface area (Å²) in [4.78, 5) is 0. The van der Waals surface area contributed by atoms with Crippen molar-refractivity contribution in [3.63, 3.8) is 0 Å². The standard InChI is InChI=1S/C5H12.C4H10.4F2/c1-5(2,3)4;1-4(2)3;4*1-2/h1-4H3;4H,1-3H3;;;;. The molecule has 0 atom stereocenters. The van der Waals surface area contributed by atoms with Crippen LogP contribution in [0.1, 0.15) is 48.5 Å². The van der Waals surface area contributed by atoms with Crippen LogP contribution in [-0.2, 0) is 0 Å². The van der Waals surface area contributed by atoms with Crippen molar-refractivity contribution < 1.29 is 36.6 Å². The van der Waals surface area contributed by atoms with E-state index in [0.29, 0.717) is 5.41 Å². The van der Waals surface area contributed by atoms with E-state index in [1.165, 1.54) is 0 Å². The molecule has 0 aromatic carbocycles. The lowest BCUT2D eigenvalue weighted by atomic mass is 10.0. The van der Waals surface area contributed by atoms with Crippen LogP contribution in [0.3, 0.4) is 0 Å². The van der Waals surface area contributed by atoms with Gasteiger partial charge in [-0.1, -0.05) is 48.5 Å². The Labute approximate surface area is 97.5 Å². The van der Waals surface area contributed by atoms with Gasteiger partial charge in [0.25, 0.3) is 0 Å². The summed E-state index contributed by atoms with van der Waals surface area (Å²) in [6, 6.07) is 0. The van der Waals surface area contributed by atoms with Gasteiger partial charge in [0, 0.05) is 36.6 Å². The van der Waals surface area contributed by atoms with Crippen molar-refractivity contribution in [2.75, 3.05) is 0 Å². The molecule has 0 saturated heterocycles. The molecule has 0 heterocycles. The molecule has 0 saturated carbocycles. The number of hydrogen-bond donors (Lipinski definition) is 0. The molecular formula is C9H22F8. The predicted molar refractivity (Wildman–Crippen MR) is 54.5 cm³/mol. The molecule has 0 aromatic rings. The monoisotopic (exact) mass is 282 g/mol. The maximum Gasteiger partial charge on any atom is 0 e. The highest BCUT2D eigenvalue weighted by molar-refractivity contribution is 4.47. The summed E-state index contributed by atoms with van der Waals surface area (Å²) in [6.45, 7) is 15.2. The predicted octanol–water partition coefficient (Wildman–Crippen LogP) is 7.08. The zero-order valence-corrected chi connectivity index (χ0v) is 11.1. The first-order valence-electron chi connectivity index (χ1n) is 4.30. The van der Waals surface area contributed by atoms with Gasteiger partial charge in [0.05, 0.1) is 0 Å². The first-order chi connectivity index (χ1) is 7.73. The lowest BCUT2D eigenvalue weighted by Crippen LogP contribution is -1.93. The van der Waals surface area contributed by atoms with Crippen LogP contribution in [0.5, 0.6) is 0 Å². The Morgan fingerprint density at radius 2 is 0.529 bits per heavy atom. The second kappa shape index (κ2) is 45.2. The minimum absolute atomic E-state index is 0.500. The van der Waals surface area contributed by atoms with Crippen LogP contribution in [0.2, 0.25) is 0 Å². The summed E-state index contributed by atoms with van der Waals surface area (Å²) < 4.78 is 64.0. The normalized spacial score (nSPS) is 7.06. The highest BCUT2D eigenvalue weighted by Crippen LogP contribution is 2.08. The zero-order chi connectivity index (χ0) is 16.1. The topological polar surface area (TPSA) is 0 Å². The van der Waals surface area contributed by atoms with Gasteiger partial charge in [0.15, 0.2) is 0 Å². The van der Waals surface area contributed by atoms with Crippen LogP contribution < -0.4 is 0 Å². The van der Waals surface area contributed by atoms with Gasteiger partial charge in [0.1, 0.15) is 0 Å². The van der Waals surface area contributed by atoms with Crippen molar-refractivity contribution in [3.8, 4) is 0 Å². The highest BCUT2D eigenvalue weighted by Gasteiger charge is 1.95. The summed E-state index contributed by atoms with van der Waals surface area (Å²) in [5.74, 6) is 0.833. The molecule has 114 valence electrons. The fourth-order valence-electron chi connectivity index (χ4n) is 0. The van der Waals surface area contributed by atoms with E-state index in [4.69, 9.17) is 36.6 Å². The van der Waals surface area contributed by atoms with E-state index in [0.717, 1.165) is 5.92 Å². The van der Waals surface area contributed by atoms with E-state index in [1.54, 1.807) is 0 Å². The molecule has 0 radical (unpaired) electrons. The molecular weight excluding hydrogens is 260 g/mol. The van der Waals surface area contributed by atoms with Gasteiger partial charge in [-0.05, 0) is 11.3 Å². The van der Waals surface area contributed by atoms with Gasteiger partial charge in [-0.25, -0.2) is 0 Å². The zero-order valence-electron chi connectivity index (χ0n) is 11.1. The fraction of sp³-hybridized carbons (Fsp3) is 1.00. The Kier molecular flexibility index (Phi) is 95.6. The van der Waals surface area contributed by atoms with Gasteiger partial charge < -0.3 is 0 Å². The van der Waals surface area contributed by atoms with E-state index in [1.807, 2.05) is 0 Å². The Balaban J connectivity index is -0.0000000228. The molecule has 8 heteroatoms. The van der Waals surface area contributed by atoms with Gasteiger partial charge in [-0.2, -0.15) is 0 Å². The summed E-state index contributed by atoms with van der Waals surface area (Å²) >= 11 is 0. The van der Waals surface area contributed by atoms with E-state index in [-0.39, 0.29) is 0 Å². The summed E-state index contributed by atoms with van der Waals surface area (Å²) in [6.07, 6.45) is 0. The molecule has 0 aliphatic heterocycles. The third-order valence-corrected chi connectivity index (χ3v) is 0. The molecule has 0 amide bonds. The van der Waals surface area contributed by atoms with Crippen LogP contribution in [0.25, 0.3) is 0 Å². The van der Waals surface area contributed by atoms with Crippen LogP contribution in [-0.4, -0.2) is 0 Å². The molecule has 0 fully saturated rings. The molecule has 0 rings (SSSR count). The molecule has 0 nitrogen and oxygen atoms in total. The second-order valence-corrected chi connectivity index (χ2v) is 4.73. The van der Waals surface area contributed by atoms with Crippen molar-refractivity contribution in [1.82, 2.24) is 0 Å². The largest absolute Gasteiger partial charge is 0.0630 e. The summed E-state index contributed by atoms with van der Waals surface area (Å²) in [7, 11) is 0.